The molecule has 1 heteroatoms. The minimum Gasteiger partial charge on any atom is -0.489 e. The number of hydrogen-bond donors (Lipinski definition) is 0. The highest BCUT2D eigenvalue weighted by atomic mass is 16.5. The molecule has 0 aliphatic heterocycles. The lowest BCUT2D eigenvalue weighted by atomic mass is 9.89. The SMILES string of the molecule is C=CCOc1cccc2c1C(c1ccccc1)c1ccccc1-2. The van der Waals surface area contributed by atoms with Crippen molar-refractivity contribution < 1.29 is 4.74 Å². The van der Waals surface area contributed by atoms with E-state index in [-0.39, 0.29) is 5.92 Å². The first-order valence-corrected chi connectivity index (χ1v) is 7.91. The van der Waals surface area contributed by atoms with Crippen molar-refractivity contribution in [3.05, 3.63) is 102 Å². The van der Waals surface area contributed by atoms with Crippen LogP contribution < -0.4 is 4.74 Å². The Bertz CT molecular complexity index is 849. The van der Waals surface area contributed by atoms with Crippen LogP contribution >= 0.6 is 0 Å². The van der Waals surface area contributed by atoms with Crippen LogP contribution in [0.2, 0.25) is 0 Å². The summed E-state index contributed by atoms with van der Waals surface area (Å²) in [6.07, 6.45) is 1.79. The van der Waals surface area contributed by atoms with Gasteiger partial charge in [-0.05, 0) is 28.3 Å². The topological polar surface area (TPSA) is 9.23 Å². The van der Waals surface area contributed by atoms with Crippen LogP contribution in [0, 0.1) is 0 Å². The van der Waals surface area contributed by atoms with E-state index in [9.17, 15) is 0 Å². The molecule has 0 spiro atoms. The van der Waals surface area contributed by atoms with Crippen molar-refractivity contribution in [1.29, 1.82) is 0 Å². The average Bonchev–Trinajstić information content (AvgIpc) is 2.96. The van der Waals surface area contributed by atoms with E-state index >= 15 is 0 Å². The molecule has 0 heterocycles. The fourth-order valence-electron chi connectivity index (χ4n) is 3.49. The van der Waals surface area contributed by atoms with Crippen molar-refractivity contribution in [3.63, 3.8) is 0 Å². The minimum absolute atomic E-state index is 0.225. The second-order valence-electron chi connectivity index (χ2n) is 5.75. The van der Waals surface area contributed by atoms with Crippen LogP contribution in [-0.2, 0) is 0 Å². The van der Waals surface area contributed by atoms with E-state index < -0.39 is 0 Å². The lowest BCUT2D eigenvalue weighted by Crippen LogP contribution is -2.03. The summed E-state index contributed by atoms with van der Waals surface area (Å²) < 4.78 is 5.96. The molecule has 0 aromatic heterocycles. The zero-order valence-electron chi connectivity index (χ0n) is 12.9. The highest BCUT2D eigenvalue weighted by Gasteiger charge is 2.32. The van der Waals surface area contributed by atoms with Gasteiger partial charge in [0.1, 0.15) is 12.4 Å². The Morgan fingerprint density at radius 3 is 2.39 bits per heavy atom. The Labute approximate surface area is 136 Å². The molecule has 23 heavy (non-hydrogen) atoms. The number of rotatable bonds is 4. The molecule has 1 atom stereocenters. The van der Waals surface area contributed by atoms with Gasteiger partial charge in [0, 0.05) is 11.5 Å². The third kappa shape index (κ3) is 2.25. The number of hydrogen-bond acceptors (Lipinski definition) is 1. The Hall–Kier alpha value is -2.80. The zero-order chi connectivity index (χ0) is 15.6. The maximum atomic E-state index is 5.96. The van der Waals surface area contributed by atoms with E-state index in [0.717, 1.165) is 5.75 Å². The molecule has 4 rings (SSSR count). The summed E-state index contributed by atoms with van der Waals surface area (Å²) in [6.45, 7) is 4.28. The van der Waals surface area contributed by atoms with Crippen LogP contribution in [-0.4, -0.2) is 6.61 Å². The maximum absolute atomic E-state index is 5.96. The molecule has 0 bridgehead atoms. The first kappa shape index (κ1) is 13.8. The summed E-state index contributed by atoms with van der Waals surface area (Å²) in [7, 11) is 0. The van der Waals surface area contributed by atoms with E-state index in [1.807, 2.05) is 0 Å². The highest BCUT2D eigenvalue weighted by molar-refractivity contribution is 5.82. The molecule has 1 aliphatic carbocycles. The number of benzene rings is 3. The fourth-order valence-corrected chi connectivity index (χ4v) is 3.49. The van der Waals surface area contributed by atoms with Crippen LogP contribution in [0.1, 0.15) is 22.6 Å². The van der Waals surface area contributed by atoms with E-state index in [1.165, 1.54) is 27.8 Å². The van der Waals surface area contributed by atoms with E-state index in [2.05, 4.69) is 79.4 Å². The Kier molecular flexibility index (Phi) is 3.47. The van der Waals surface area contributed by atoms with Crippen LogP contribution in [0.25, 0.3) is 11.1 Å². The maximum Gasteiger partial charge on any atom is 0.124 e. The third-order valence-corrected chi connectivity index (χ3v) is 4.41. The van der Waals surface area contributed by atoms with Crippen LogP contribution in [0.3, 0.4) is 0 Å². The molecule has 0 fully saturated rings. The van der Waals surface area contributed by atoms with Crippen molar-refractivity contribution in [2.45, 2.75) is 5.92 Å². The predicted molar refractivity (Wildman–Crippen MR) is 95.0 cm³/mol. The molecular weight excluding hydrogens is 280 g/mol. The van der Waals surface area contributed by atoms with Crippen molar-refractivity contribution in [3.8, 4) is 16.9 Å². The van der Waals surface area contributed by atoms with E-state index in [4.69, 9.17) is 4.74 Å². The van der Waals surface area contributed by atoms with Crippen molar-refractivity contribution in [2.75, 3.05) is 6.61 Å². The molecule has 0 radical (unpaired) electrons. The van der Waals surface area contributed by atoms with Gasteiger partial charge in [0.2, 0.25) is 0 Å². The molecule has 1 nitrogen and oxygen atoms in total. The van der Waals surface area contributed by atoms with Crippen LogP contribution in [0.4, 0.5) is 0 Å². The number of fused-ring (bicyclic) bond motifs is 3. The molecule has 3 aromatic carbocycles. The van der Waals surface area contributed by atoms with Gasteiger partial charge in [0.05, 0.1) is 0 Å². The third-order valence-electron chi connectivity index (χ3n) is 4.41. The van der Waals surface area contributed by atoms with Crippen LogP contribution in [0.15, 0.2) is 85.5 Å². The van der Waals surface area contributed by atoms with Gasteiger partial charge in [-0.15, -0.1) is 0 Å². The van der Waals surface area contributed by atoms with Crippen molar-refractivity contribution >= 4 is 0 Å². The molecular formula is C22H18O. The predicted octanol–water partition coefficient (Wildman–Crippen LogP) is 5.41. The highest BCUT2D eigenvalue weighted by Crippen LogP contribution is 2.51. The molecule has 1 aliphatic rings. The zero-order valence-corrected chi connectivity index (χ0v) is 12.9. The lowest BCUT2D eigenvalue weighted by Gasteiger charge is -2.17. The fraction of sp³-hybridized carbons (Fsp3) is 0.0909. The molecule has 0 amide bonds. The summed E-state index contributed by atoms with van der Waals surface area (Å²) in [5.74, 6) is 1.18. The van der Waals surface area contributed by atoms with Crippen LogP contribution in [0.5, 0.6) is 5.75 Å². The first-order valence-electron chi connectivity index (χ1n) is 7.91. The quantitative estimate of drug-likeness (QED) is 0.458. The van der Waals surface area contributed by atoms with E-state index in [1.54, 1.807) is 6.08 Å². The van der Waals surface area contributed by atoms with Gasteiger partial charge >= 0.3 is 0 Å². The smallest absolute Gasteiger partial charge is 0.124 e. The number of ether oxygens (including phenoxy) is 1. The Morgan fingerprint density at radius 1 is 0.826 bits per heavy atom. The van der Waals surface area contributed by atoms with Gasteiger partial charge in [-0.2, -0.15) is 0 Å². The van der Waals surface area contributed by atoms with E-state index in [0.29, 0.717) is 6.61 Å². The molecule has 0 saturated carbocycles. The molecule has 0 saturated heterocycles. The largest absolute Gasteiger partial charge is 0.489 e. The molecule has 112 valence electrons. The van der Waals surface area contributed by atoms with Crippen molar-refractivity contribution in [1.82, 2.24) is 0 Å². The molecule has 1 unspecified atom stereocenters. The van der Waals surface area contributed by atoms with Crippen molar-refractivity contribution in [2.24, 2.45) is 0 Å². The second-order valence-corrected chi connectivity index (χ2v) is 5.75. The van der Waals surface area contributed by atoms with Gasteiger partial charge in [-0.3, -0.25) is 0 Å². The standard InChI is InChI=1S/C22H18O/c1-2-15-23-20-14-8-13-19-17-11-6-7-12-18(17)21(22(19)20)16-9-4-3-5-10-16/h2-14,21H,1,15H2. The van der Waals surface area contributed by atoms with Gasteiger partial charge in [0.15, 0.2) is 0 Å². The van der Waals surface area contributed by atoms with Gasteiger partial charge in [-0.1, -0.05) is 79.4 Å². The Balaban J connectivity index is 1.95. The summed E-state index contributed by atoms with van der Waals surface area (Å²) in [4.78, 5) is 0. The lowest BCUT2D eigenvalue weighted by molar-refractivity contribution is 0.359. The van der Waals surface area contributed by atoms with Gasteiger partial charge < -0.3 is 4.74 Å². The monoisotopic (exact) mass is 298 g/mol. The summed E-state index contributed by atoms with van der Waals surface area (Å²) in [6, 6.07) is 25.6. The normalized spacial score (nSPS) is 14.9. The van der Waals surface area contributed by atoms with Gasteiger partial charge in [0.25, 0.3) is 0 Å². The summed E-state index contributed by atoms with van der Waals surface area (Å²) >= 11 is 0. The average molecular weight is 298 g/mol. The van der Waals surface area contributed by atoms with Gasteiger partial charge in [-0.25, -0.2) is 0 Å². The summed E-state index contributed by atoms with van der Waals surface area (Å²) in [5.41, 5.74) is 6.50. The minimum atomic E-state index is 0.225. The Morgan fingerprint density at radius 2 is 1.57 bits per heavy atom. The molecule has 0 N–H and O–H groups in total. The summed E-state index contributed by atoms with van der Waals surface area (Å²) in [5, 5.41) is 0. The second kappa shape index (κ2) is 5.77. The molecule has 3 aromatic rings. The first-order chi connectivity index (χ1) is 11.4.